The predicted molar refractivity (Wildman–Crippen MR) is 83.8 cm³/mol. The average molecular weight is 306 g/mol. The Morgan fingerprint density at radius 3 is 2.77 bits per heavy atom. The Balaban J connectivity index is 1.57. The largest absolute Gasteiger partial charge is 0.481 e. The van der Waals surface area contributed by atoms with Crippen molar-refractivity contribution in [1.82, 2.24) is 9.88 Å². The Bertz CT molecular complexity index is 510. The van der Waals surface area contributed by atoms with Gasteiger partial charge >= 0.3 is 0 Å². The van der Waals surface area contributed by atoms with E-state index in [1.165, 1.54) is 0 Å². The molecule has 1 unspecified atom stereocenters. The fourth-order valence-corrected chi connectivity index (χ4v) is 3.65. The second kappa shape index (κ2) is 6.14. The van der Waals surface area contributed by atoms with Crippen LogP contribution in [-0.2, 0) is 11.3 Å². The van der Waals surface area contributed by atoms with Crippen molar-refractivity contribution in [3.05, 3.63) is 23.9 Å². The Hall–Kier alpha value is -1.17. The third-order valence-electron chi connectivity index (χ3n) is 4.90. The van der Waals surface area contributed by atoms with Gasteiger partial charge in [-0.05, 0) is 32.3 Å². The smallest absolute Gasteiger partial charge is 0.213 e. The number of likely N-dealkylation sites (tertiary alicyclic amines) is 1. The molecule has 2 aliphatic rings. The standard InChI is InChI=1S/C17H26N2O3/c1-16(20)8-11-22-17(13-16)6-9-19(10-7-17)12-14-4-3-5-15(18-14)21-2/h3-5,20H,6-13H2,1-2H3. The Labute approximate surface area is 132 Å². The van der Waals surface area contributed by atoms with Crippen LogP contribution in [0.3, 0.4) is 0 Å². The van der Waals surface area contributed by atoms with Gasteiger partial charge in [0.2, 0.25) is 5.88 Å². The third-order valence-corrected chi connectivity index (χ3v) is 4.90. The summed E-state index contributed by atoms with van der Waals surface area (Å²) in [6.45, 7) is 5.40. The molecule has 2 fully saturated rings. The molecule has 0 saturated carbocycles. The number of ether oxygens (including phenoxy) is 2. The van der Waals surface area contributed by atoms with Crippen LogP contribution in [0, 0.1) is 0 Å². The minimum Gasteiger partial charge on any atom is -0.481 e. The van der Waals surface area contributed by atoms with Crippen LogP contribution < -0.4 is 4.74 Å². The van der Waals surface area contributed by atoms with Crippen molar-refractivity contribution in [1.29, 1.82) is 0 Å². The summed E-state index contributed by atoms with van der Waals surface area (Å²) in [7, 11) is 1.64. The maximum absolute atomic E-state index is 10.3. The first kappa shape index (κ1) is 15.7. The van der Waals surface area contributed by atoms with Crippen LogP contribution >= 0.6 is 0 Å². The predicted octanol–water partition coefficient (Wildman–Crippen LogP) is 1.99. The summed E-state index contributed by atoms with van der Waals surface area (Å²) in [6.07, 6.45) is 3.46. The summed E-state index contributed by atoms with van der Waals surface area (Å²) in [4.78, 5) is 6.88. The van der Waals surface area contributed by atoms with E-state index in [4.69, 9.17) is 9.47 Å². The van der Waals surface area contributed by atoms with Gasteiger partial charge in [0.15, 0.2) is 0 Å². The molecule has 3 heterocycles. The Morgan fingerprint density at radius 2 is 2.09 bits per heavy atom. The van der Waals surface area contributed by atoms with Gasteiger partial charge < -0.3 is 14.6 Å². The van der Waals surface area contributed by atoms with E-state index in [0.717, 1.165) is 51.0 Å². The van der Waals surface area contributed by atoms with Gasteiger partial charge in [-0.2, -0.15) is 0 Å². The third kappa shape index (κ3) is 3.59. The zero-order chi connectivity index (χ0) is 15.6. The van der Waals surface area contributed by atoms with E-state index in [0.29, 0.717) is 12.5 Å². The number of methoxy groups -OCH3 is 1. The summed E-state index contributed by atoms with van der Waals surface area (Å²) in [5, 5.41) is 10.3. The molecule has 1 spiro atoms. The van der Waals surface area contributed by atoms with E-state index in [9.17, 15) is 5.11 Å². The van der Waals surface area contributed by atoms with Crippen LogP contribution in [0.25, 0.3) is 0 Å². The van der Waals surface area contributed by atoms with Gasteiger partial charge in [0.05, 0.1) is 30.6 Å². The van der Waals surface area contributed by atoms with E-state index in [2.05, 4.69) is 9.88 Å². The van der Waals surface area contributed by atoms with Crippen molar-refractivity contribution in [2.45, 2.75) is 50.4 Å². The van der Waals surface area contributed by atoms with Crippen molar-refractivity contribution < 1.29 is 14.6 Å². The molecule has 3 rings (SSSR count). The van der Waals surface area contributed by atoms with Crippen molar-refractivity contribution in [2.75, 3.05) is 26.8 Å². The molecule has 5 nitrogen and oxygen atoms in total. The highest BCUT2D eigenvalue weighted by Gasteiger charge is 2.44. The highest BCUT2D eigenvalue weighted by atomic mass is 16.5. The number of aromatic nitrogens is 1. The normalized spacial score (nSPS) is 28.7. The minimum absolute atomic E-state index is 0.125. The average Bonchev–Trinajstić information content (AvgIpc) is 2.49. The lowest BCUT2D eigenvalue weighted by Crippen LogP contribution is -2.53. The molecule has 1 aromatic heterocycles. The Morgan fingerprint density at radius 1 is 1.32 bits per heavy atom. The summed E-state index contributed by atoms with van der Waals surface area (Å²) in [5.74, 6) is 0.664. The molecule has 2 saturated heterocycles. The van der Waals surface area contributed by atoms with Crippen molar-refractivity contribution in [3.63, 3.8) is 0 Å². The molecule has 1 atom stereocenters. The fourth-order valence-electron chi connectivity index (χ4n) is 3.65. The molecule has 1 aromatic rings. The molecule has 1 N–H and O–H groups in total. The first-order valence-electron chi connectivity index (χ1n) is 8.09. The molecular formula is C17H26N2O3. The number of aliphatic hydroxyl groups is 1. The zero-order valence-electron chi connectivity index (χ0n) is 13.5. The van der Waals surface area contributed by atoms with Crippen LogP contribution in [-0.4, -0.2) is 53.0 Å². The van der Waals surface area contributed by atoms with Crippen molar-refractivity contribution >= 4 is 0 Å². The zero-order valence-corrected chi connectivity index (χ0v) is 13.5. The molecule has 0 radical (unpaired) electrons. The van der Waals surface area contributed by atoms with Crippen molar-refractivity contribution in [3.8, 4) is 5.88 Å². The first-order valence-corrected chi connectivity index (χ1v) is 8.09. The second-order valence-corrected chi connectivity index (χ2v) is 6.90. The number of nitrogens with zero attached hydrogens (tertiary/aromatic N) is 2. The topological polar surface area (TPSA) is 54.8 Å². The van der Waals surface area contributed by atoms with Crippen LogP contribution in [0.15, 0.2) is 18.2 Å². The van der Waals surface area contributed by atoms with Gasteiger partial charge in [0, 0.05) is 32.1 Å². The lowest BCUT2D eigenvalue weighted by molar-refractivity contribution is -0.173. The number of hydrogen-bond donors (Lipinski definition) is 1. The van der Waals surface area contributed by atoms with Gasteiger partial charge in [-0.25, -0.2) is 4.98 Å². The Kier molecular flexibility index (Phi) is 4.39. The first-order chi connectivity index (χ1) is 10.5. The molecule has 0 amide bonds. The highest BCUT2D eigenvalue weighted by molar-refractivity contribution is 5.15. The van der Waals surface area contributed by atoms with Gasteiger partial charge in [-0.15, -0.1) is 0 Å². The summed E-state index contributed by atoms with van der Waals surface area (Å²) in [5.41, 5.74) is 0.335. The molecule has 0 bridgehead atoms. The van der Waals surface area contributed by atoms with Crippen LogP contribution in [0.5, 0.6) is 5.88 Å². The fraction of sp³-hybridized carbons (Fsp3) is 0.706. The van der Waals surface area contributed by atoms with Gasteiger partial charge in [0.25, 0.3) is 0 Å². The quantitative estimate of drug-likeness (QED) is 0.925. The molecule has 2 aliphatic heterocycles. The van der Waals surface area contributed by atoms with E-state index in [-0.39, 0.29) is 5.60 Å². The molecule has 0 aliphatic carbocycles. The number of rotatable bonds is 3. The van der Waals surface area contributed by atoms with Crippen molar-refractivity contribution in [2.24, 2.45) is 0 Å². The SMILES string of the molecule is COc1cccc(CN2CCC3(CC2)CC(C)(O)CCO3)n1. The maximum Gasteiger partial charge on any atom is 0.213 e. The second-order valence-electron chi connectivity index (χ2n) is 6.90. The molecular weight excluding hydrogens is 280 g/mol. The van der Waals surface area contributed by atoms with E-state index in [1.54, 1.807) is 7.11 Å². The maximum atomic E-state index is 10.3. The molecule has 122 valence electrons. The number of pyridine rings is 1. The number of hydrogen-bond acceptors (Lipinski definition) is 5. The summed E-state index contributed by atoms with van der Waals surface area (Å²) in [6, 6.07) is 5.88. The lowest BCUT2D eigenvalue weighted by Gasteiger charge is -2.48. The van der Waals surface area contributed by atoms with Gasteiger partial charge in [0.1, 0.15) is 0 Å². The summed E-state index contributed by atoms with van der Waals surface area (Å²) < 4.78 is 11.2. The molecule has 5 heteroatoms. The molecule has 0 aromatic carbocycles. The minimum atomic E-state index is -0.575. The van der Waals surface area contributed by atoms with E-state index in [1.807, 2.05) is 25.1 Å². The van der Waals surface area contributed by atoms with Crippen LogP contribution in [0.2, 0.25) is 0 Å². The highest BCUT2D eigenvalue weighted by Crippen LogP contribution is 2.39. The molecule has 22 heavy (non-hydrogen) atoms. The van der Waals surface area contributed by atoms with Gasteiger partial charge in [-0.3, -0.25) is 4.90 Å². The van der Waals surface area contributed by atoms with E-state index < -0.39 is 5.60 Å². The lowest BCUT2D eigenvalue weighted by atomic mass is 9.78. The van der Waals surface area contributed by atoms with Crippen LogP contribution in [0.1, 0.15) is 38.3 Å². The van der Waals surface area contributed by atoms with Gasteiger partial charge in [-0.1, -0.05) is 6.07 Å². The van der Waals surface area contributed by atoms with E-state index >= 15 is 0 Å². The number of piperidine rings is 1. The summed E-state index contributed by atoms with van der Waals surface area (Å²) >= 11 is 0. The van der Waals surface area contributed by atoms with Crippen LogP contribution in [0.4, 0.5) is 0 Å². The monoisotopic (exact) mass is 306 g/mol.